The molecule has 1 aromatic carbocycles. The highest BCUT2D eigenvalue weighted by molar-refractivity contribution is 5.96. The lowest BCUT2D eigenvalue weighted by Gasteiger charge is -2.26. The number of rotatable bonds is 7. The van der Waals surface area contributed by atoms with Crippen molar-refractivity contribution in [2.45, 2.75) is 6.54 Å². The van der Waals surface area contributed by atoms with Crippen LogP contribution in [0.1, 0.15) is 15.9 Å². The second-order valence-corrected chi connectivity index (χ2v) is 5.89. The van der Waals surface area contributed by atoms with Crippen LogP contribution < -0.4 is 10.1 Å². The van der Waals surface area contributed by atoms with Crippen molar-refractivity contribution in [3.05, 3.63) is 47.7 Å². The molecule has 1 fully saturated rings. The van der Waals surface area contributed by atoms with Gasteiger partial charge in [-0.25, -0.2) is 4.68 Å². The minimum atomic E-state index is -0.194. The number of benzene rings is 1. The van der Waals surface area contributed by atoms with E-state index in [0.29, 0.717) is 24.6 Å². The molecular formula is C18H24N4O3. The number of amides is 1. The molecule has 0 aliphatic carbocycles. The highest BCUT2D eigenvalue weighted by Gasteiger charge is 2.19. The number of aromatic nitrogens is 2. The van der Waals surface area contributed by atoms with E-state index in [0.717, 1.165) is 38.4 Å². The third-order valence-electron chi connectivity index (χ3n) is 4.19. The molecule has 0 spiro atoms. The summed E-state index contributed by atoms with van der Waals surface area (Å²) in [6.07, 6.45) is 1.56. The summed E-state index contributed by atoms with van der Waals surface area (Å²) in [7, 11) is 1.61. The SMILES string of the molecule is CNC(=O)c1cnn(Cc2ccccc2)c1OCCN1CCOCC1. The van der Waals surface area contributed by atoms with Gasteiger partial charge in [0.1, 0.15) is 12.2 Å². The Kier molecular flexibility index (Phi) is 6.03. The predicted octanol–water partition coefficient (Wildman–Crippen LogP) is 1.00. The molecular weight excluding hydrogens is 320 g/mol. The summed E-state index contributed by atoms with van der Waals surface area (Å²) in [6, 6.07) is 9.99. The van der Waals surface area contributed by atoms with Crippen molar-refractivity contribution in [3.8, 4) is 5.88 Å². The van der Waals surface area contributed by atoms with Gasteiger partial charge < -0.3 is 14.8 Å². The molecule has 1 N–H and O–H groups in total. The minimum absolute atomic E-state index is 0.194. The minimum Gasteiger partial charge on any atom is -0.476 e. The molecule has 0 bridgehead atoms. The molecule has 1 aromatic heterocycles. The Balaban J connectivity index is 1.69. The van der Waals surface area contributed by atoms with Crippen molar-refractivity contribution >= 4 is 5.91 Å². The number of ether oxygens (including phenoxy) is 2. The van der Waals surface area contributed by atoms with Gasteiger partial charge in [-0.2, -0.15) is 5.10 Å². The number of hydrogen-bond acceptors (Lipinski definition) is 5. The molecule has 25 heavy (non-hydrogen) atoms. The molecule has 7 nitrogen and oxygen atoms in total. The van der Waals surface area contributed by atoms with Crippen molar-refractivity contribution < 1.29 is 14.3 Å². The van der Waals surface area contributed by atoms with Gasteiger partial charge in [0.15, 0.2) is 0 Å². The summed E-state index contributed by atoms with van der Waals surface area (Å²) >= 11 is 0. The van der Waals surface area contributed by atoms with Gasteiger partial charge >= 0.3 is 0 Å². The number of carbonyl (C=O) groups excluding carboxylic acids is 1. The Bertz CT molecular complexity index is 681. The first-order valence-electron chi connectivity index (χ1n) is 8.52. The molecule has 134 valence electrons. The maximum Gasteiger partial charge on any atom is 0.258 e. The molecule has 0 atom stereocenters. The predicted molar refractivity (Wildman–Crippen MR) is 93.9 cm³/mol. The van der Waals surface area contributed by atoms with Gasteiger partial charge in [-0.05, 0) is 5.56 Å². The van der Waals surface area contributed by atoms with E-state index in [1.165, 1.54) is 0 Å². The van der Waals surface area contributed by atoms with Crippen molar-refractivity contribution in [2.24, 2.45) is 0 Å². The highest BCUT2D eigenvalue weighted by Crippen LogP contribution is 2.20. The summed E-state index contributed by atoms with van der Waals surface area (Å²) < 4.78 is 13.1. The van der Waals surface area contributed by atoms with Crippen LogP contribution in [0.25, 0.3) is 0 Å². The third kappa shape index (κ3) is 4.58. The van der Waals surface area contributed by atoms with Crippen molar-refractivity contribution in [1.29, 1.82) is 0 Å². The Labute approximate surface area is 147 Å². The third-order valence-corrected chi connectivity index (χ3v) is 4.19. The standard InChI is InChI=1S/C18H24N4O3/c1-19-17(23)16-13-20-22(14-15-5-3-2-4-6-15)18(16)25-12-9-21-7-10-24-11-8-21/h2-6,13H,7-12,14H2,1H3,(H,19,23). The average molecular weight is 344 g/mol. The van der Waals surface area contributed by atoms with Gasteiger partial charge in [0.05, 0.1) is 26.0 Å². The lowest BCUT2D eigenvalue weighted by molar-refractivity contribution is 0.0316. The maximum atomic E-state index is 12.1. The summed E-state index contributed by atoms with van der Waals surface area (Å²) in [4.78, 5) is 14.4. The average Bonchev–Trinajstić information content (AvgIpc) is 3.05. The Morgan fingerprint density at radius 2 is 2.04 bits per heavy atom. The monoisotopic (exact) mass is 344 g/mol. The molecule has 1 aliphatic rings. The number of morpholine rings is 1. The first-order valence-corrected chi connectivity index (χ1v) is 8.52. The van der Waals surface area contributed by atoms with E-state index < -0.39 is 0 Å². The molecule has 1 aliphatic heterocycles. The van der Waals surface area contributed by atoms with E-state index >= 15 is 0 Å². The molecule has 0 saturated carbocycles. The van der Waals surface area contributed by atoms with E-state index in [-0.39, 0.29) is 5.91 Å². The van der Waals surface area contributed by atoms with Crippen molar-refractivity contribution in [2.75, 3.05) is 46.5 Å². The van der Waals surface area contributed by atoms with E-state index in [1.807, 2.05) is 30.3 Å². The van der Waals surface area contributed by atoms with Crippen LogP contribution in [0.5, 0.6) is 5.88 Å². The molecule has 1 amide bonds. The highest BCUT2D eigenvalue weighted by atomic mass is 16.5. The zero-order chi connectivity index (χ0) is 17.5. The van der Waals surface area contributed by atoms with Crippen LogP contribution in [-0.4, -0.2) is 67.1 Å². The number of carbonyl (C=O) groups is 1. The Morgan fingerprint density at radius 3 is 2.76 bits per heavy atom. The van der Waals surface area contributed by atoms with Gasteiger partial charge in [0.25, 0.3) is 5.91 Å². The van der Waals surface area contributed by atoms with Crippen LogP contribution in [0, 0.1) is 0 Å². The lowest BCUT2D eigenvalue weighted by atomic mass is 10.2. The van der Waals surface area contributed by atoms with Crippen LogP contribution in [0.3, 0.4) is 0 Å². The first kappa shape index (κ1) is 17.4. The van der Waals surface area contributed by atoms with E-state index in [9.17, 15) is 4.79 Å². The quantitative estimate of drug-likeness (QED) is 0.812. The molecule has 2 heterocycles. The van der Waals surface area contributed by atoms with Gasteiger partial charge in [0.2, 0.25) is 5.88 Å². The summed E-state index contributed by atoms with van der Waals surface area (Å²) in [5.41, 5.74) is 1.56. The fourth-order valence-corrected chi connectivity index (χ4v) is 2.78. The van der Waals surface area contributed by atoms with Gasteiger partial charge in [-0.3, -0.25) is 9.69 Å². The molecule has 0 unspecified atom stereocenters. The molecule has 7 heteroatoms. The zero-order valence-corrected chi connectivity index (χ0v) is 14.5. The van der Waals surface area contributed by atoms with Gasteiger partial charge in [0, 0.05) is 26.7 Å². The topological polar surface area (TPSA) is 68.6 Å². The summed E-state index contributed by atoms with van der Waals surface area (Å²) in [6.45, 7) is 5.21. The smallest absolute Gasteiger partial charge is 0.258 e. The van der Waals surface area contributed by atoms with Crippen LogP contribution in [0.15, 0.2) is 36.5 Å². The fourth-order valence-electron chi connectivity index (χ4n) is 2.78. The van der Waals surface area contributed by atoms with Crippen LogP contribution in [0.4, 0.5) is 0 Å². The number of nitrogens with one attached hydrogen (secondary N) is 1. The normalized spacial score (nSPS) is 15.1. The number of nitrogens with zero attached hydrogens (tertiary/aromatic N) is 3. The summed E-state index contributed by atoms with van der Waals surface area (Å²) in [5.74, 6) is 0.317. The molecule has 2 aromatic rings. The van der Waals surface area contributed by atoms with Gasteiger partial charge in [-0.15, -0.1) is 0 Å². The molecule has 1 saturated heterocycles. The van der Waals surface area contributed by atoms with E-state index in [4.69, 9.17) is 9.47 Å². The molecule has 3 rings (SSSR count). The van der Waals surface area contributed by atoms with Crippen LogP contribution in [-0.2, 0) is 11.3 Å². The second kappa shape index (κ2) is 8.64. The second-order valence-electron chi connectivity index (χ2n) is 5.89. The Hall–Kier alpha value is -2.38. The van der Waals surface area contributed by atoms with Crippen molar-refractivity contribution in [1.82, 2.24) is 20.0 Å². The van der Waals surface area contributed by atoms with E-state index in [2.05, 4.69) is 15.3 Å². The maximum absolute atomic E-state index is 12.1. The van der Waals surface area contributed by atoms with Crippen LogP contribution in [0.2, 0.25) is 0 Å². The summed E-state index contributed by atoms with van der Waals surface area (Å²) in [5, 5.41) is 6.98. The van der Waals surface area contributed by atoms with Crippen LogP contribution >= 0.6 is 0 Å². The van der Waals surface area contributed by atoms with Gasteiger partial charge in [-0.1, -0.05) is 30.3 Å². The lowest BCUT2D eigenvalue weighted by Crippen LogP contribution is -2.38. The zero-order valence-electron chi connectivity index (χ0n) is 14.5. The Morgan fingerprint density at radius 1 is 1.28 bits per heavy atom. The number of hydrogen-bond donors (Lipinski definition) is 1. The fraction of sp³-hybridized carbons (Fsp3) is 0.444. The van der Waals surface area contributed by atoms with Crippen molar-refractivity contribution in [3.63, 3.8) is 0 Å². The first-order chi connectivity index (χ1) is 12.3. The largest absolute Gasteiger partial charge is 0.476 e. The molecule has 0 radical (unpaired) electrons. The van der Waals surface area contributed by atoms with E-state index in [1.54, 1.807) is 17.9 Å².